The van der Waals surface area contributed by atoms with Gasteiger partial charge in [0.25, 0.3) is 10.0 Å². The highest BCUT2D eigenvalue weighted by atomic mass is 35.5. The Morgan fingerprint density at radius 3 is 2.11 bits per heavy atom. The maximum Gasteiger partial charge on any atom is 0.264 e. The summed E-state index contributed by atoms with van der Waals surface area (Å²) < 4.78 is 28.2. The minimum Gasteiger partial charge on any atom is -0.355 e. The quantitative estimate of drug-likeness (QED) is 0.397. The number of carbonyl (C=O) groups is 2. The maximum absolute atomic E-state index is 13.7. The number of carbonyl (C=O) groups excluding carboxylic acids is 2. The van der Waals surface area contributed by atoms with Crippen molar-refractivity contribution in [3.63, 3.8) is 0 Å². The van der Waals surface area contributed by atoms with Gasteiger partial charge in [-0.05, 0) is 55.8 Å². The van der Waals surface area contributed by atoms with Crippen molar-refractivity contribution in [2.75, 3.05) is 17.4 Å². The molecule has 0 saturated heterocycles. The fourth-order valence-electron chi connectivity index (χ4n) is 3.58. The number of nitrogens with one attached hydrogen (secondary N) is 1. The molecule has 1 atom stereocenters. The molecule has 0 fully saturated rings. The summed E-state index contributed by atoms with van der Waals surface area (Å²) in [6, 6.07) is 20.3. The van der Waals surface area contributed by atoms with Crippen molar-refractivity contribution in [2.45, 2.75) is 31.3 Å². The summed E-state index contributed by atoms with van der Waals surface area (Å²) in [4.78, 5) is 27.8. The molecule has 1 unspecified atom stereocenters. The van der Waals surface area contributed by atoms with Crippen LogP contribution in [0, 0.1) is 0 Å². The maximum atomic E-state index is 13.7. The van der Waals surface area contributed by atoms with Gasteiger partial charge in [0.2, 0.25) is 11.8 Å². The van der Waals surface area contributed by atoms with E-state index in [0.717, 1.165) is 4.31 Å². The molecule has 0 bridgehead atoms. The van der Waals surface area contributed by atoms with Crippen molar-refractivity contribution in [1.82, 2.24) is 10.2 Å². The van der Waals surface area contributed by atoms with Crippen molar-refractivity contribution in [3.05, 3.63) is 94.5 Å². The predicted octanol–water partition coefficient (Wildman–Crippen LogP) is 4.74. The Balaban J connectivity index is 2.00. The van der Waals surface area contributed by atoms with Crippen molar-refractivity contribution < 1.29 is 18.0 Å². The highest BCUT2D eigenvalue weighted by Gasteiger charge is 2.32. The first kappa shape index (κ1) is 27.5. The third-order valence-electron chi connectivity index (χ3n) is 5.51. The second-order valence-corrected chi connectivity index (χ2v) is 10.7. The Kier molecular flexibility index (Phi) is 9.37. The summed E-state index contributed by atoms with van der Waals surface area (Å²) in [6.07, 6.45) is 0. The lowest BCUT2D eigenvalue weighted by Gasteiger charge is -2.32. The van der Waals surface area contributed by atoms with E-state index in [2.05, 4.69) is 5.32 Å². The molecule has 190 valence electrons. The number of likely N-dealkylation sites (N-methyl/N-ethyl adjacent to an activating group) is 1. The Morgan fingerprint density at radius 1 is 0.917 bits per heavy atom. The van der Waals surface area contributed by atoms with Crippen LogP contribution in [0.2, 0.25) is 10.0 Å². The molecule has 2 amide bonds. The molecule has 0 aliphatic carbocycles. The van der Waals surface area contributed by atoms with Crippen LogP contribution in [-0.2, 0) is 26.2 Å². The lowest BCUT2D eigenvalue weighted by atomic mass is 10.1. The monoisotopic (exact) mass is 547 g/mol. The molecular formula is C26H27Cl2N3O4S. The van der Waals surface area contributed by atoms with Gasteiger partial charge in [0, 0.05) is 13.1 Å². The van der Waals surface area contributed by atoms with Gasteiger partial charge in [-0.2, -0.15) is 0 Å². The number of rotatable bonds is 10. The molecule has 0 saturated carbocycles. The number of anilines is 1. The molecule has 3 aromatic rings. The average molecular weight is 548 g/mol. The third kappa shape index (κ3) is 6.57. The molecular weight excluding hydrogens is 521 g/mol. The molecule has 0 aliphatic rings. The first-order valence-corrected chi connectivity index (χ1v) is 13.5. The average Bonchev–Trinajstić information content (AvgIpc) is 2.88. The van der Waals surface area contributed by atoms with Gasteiger partial charge in [-0.15, -0.1) is 0 Å². The molecule has 36 heavy (non-hydrogen) atoms. The summed E-state index contributed by atoms with van der Waals surface area (Å²) in [6.45, 7) is 3.28. The Labute approximate surface area is 221 Å². The molecule has 1 N–H and O–H groups in total. The van der Waals surface area contributed by atoms with Gasteiger partial charge in [0.1, 0.15) is 12.6 Å². The van der Waals surface area contributed by atoms with E-state index in [1.54, 1.807) is 80.6 Å². The summed E-state index contributed by atoms with van der Waals surface area (Å²) in [5.74, 6) is -0.911. The van der Waals surface area contributed by atoms with Crippen LogP contribution >= 0.6 is 23.2 Å². The normalized spacial score (nSPS) is 12.0. The molecule has 0 spiro atoms. The minimum absolute atomic E-state index is 0.0298. The first-order valence-electron chi connectivity index (χ1n) is 11.3. The van der Waals surface area contributed by atoms with Gasteiger partial charge >= 0.3 is 0 Å². The second kappa shape index (κ2) is 12.3. The zero-order valence-corrected chi connectivity index (χ0v) is 22.2. The zero-order chi connectivity index (χ0) is 26.3. The van der Waals surface area contributed by atoms with Gasteiger partial charge in [-0.3, -0.25) is 13.9 Å². The van der Waals surface area contributed by atoms with E-state index in [1.165, 1.54) is 17.0 Å². The topological polar surface area (TPSA) is 86.8 Å². The van der Waals surface area contributed by atoms with E-state index < -0.39 is 28.5 Å². The number of nitrogens with zero attached hydrogens (tertiary/aromatic N) is 2. The fourth-order valence-corrected chi connectivity index (χ4v) is 5.34. The van der Waals surface area contributed by atoms with Gasteiger partial charge in [-0.25, -0.2) is 8.42 Å². The van der Waals surface area contributed by atoms with Crippen LogP contribution in [0.25, 0.3) is 0 Å². The number of hydrogen-bond donors (Lipinski definition) is 1. The third-order valence-corrected chi connectivity index (χ3v) is 8.04. The molecule has 7 nitrogen and oxygen atoms in total. The molecule has 3 aromatic carbocycles. The van der Waals surface area contributed by atoms with E-state index in [-0.39, 0.29) is 17.3 Å². The van der Waals surface area contributed by atoms with Crippen LogP contribution in [0.4, 0.5) is 5.69 Å². The molecule has 0 heterocycles. The summed E-state index contributed by atoms with van der Waals surface area (Å²) in [5, 5.41) is 3.39. The number of sulfonamides is 1. The van der Waals surface area contributed by atoms with Crippen molar-refractivity contribution in [1.29, 1.82) is 0 Å². The van der Waals surface area contributed by atoms with Crippen LogP contribution in [0.15, 0.2) is 83.8 Å². The van der Waals surface area contributed by atoms with Crippen LogP contribution < -0.4 is 9.62 Å². The zero-order valence-electron chi connectivity index (χ0n) is 19.9. The van der Waals surface area contributed by atoms with Crippen molar-refractivity contribution in [3.8, 4) is 0 Å². The highest BCUT2D eigenvalue weighted by molar-refractivity contribution is 7.92. The van der Waals surface area contributed by atoms with E-state index in [9.17, 15) is 18.0 Å². The predicted molar refractivity (Wildman–Crippen MR) is 143 cm³/mol. The van der Waals surface area contributed by atoms with Crippen LogP contribution in [0.5, 0.6) is 0 Å². The largest absolute Gasteiger partial charge is 0.355 e. The Bertz CT molecular complexity index is 1310. The molecule has 0 radical (unpaired) electrons. The van der Waals surface area contributed by atoms with Gasteiger partial charge in [0.05, 0.1) is 20.6 Å². The first-order chi connectivity index (χ1) is 17.1. The Morgan fingerprint density at radius 2 is 1.53 bits per heavy atom. The summed E-state index contributed by atoms with van der Waals surface area (Å²) in [5.41, 5.74) is 0.973. The van der Waals surface area contributed by atoms with Crippen LogP contribution in [-0.4, -0.2) is 44.3 Å². The van der Waals surface area contributed by atoms with Crippen molar-refractivity contribution >= 4 is 50.7 Å². The molecule has 3 rings (SSSR count). The standard InChI is InChI=1S/C26H27Cl2N3O4S/c1-3-29-26(33)19(2)30(17-20-14-15-23(27)24(28)16-20)25(32)18-31(21-10-6-4-7-11-21)36(34,35)22-12-8-5-9-13-22/h4-16,19H,3,17-18H2,1-2H3,(H,29,33). The number of para-hydroxylation sites is 1. The van der Waals surface area contributed by atoms with Crippen molar-refractivity contribution in [2.24, 2.45) is 0 Å². The number of benzene rings is 3. The number of halogens is 2. The smallest absolute Gasteiger partial charge is 0.264 e. The lowest BCUT2D eigenvalue weighted by molar-refractivity contribution is -0.139. The van der Waals surface area contributed by atoms with Crippen LogP contribution in [0.1, 0.15) is 19.4 Å². The molecule has 0 aliphatic heterocycles. The highest BCUT2D eigenvalue weighted by Crippen LogP contribution is 2.26. The van der Waals surface area contributed by atoms with Gasteiger partial charge in [0.15, 0.2) is 0 Å². The van der Waals surface area contributed by atoms with E-state index in [1.807, 2.05) is 0 Å². The molecule has 10 heteroatoms. The SMILES string of the molecule is CCNC(=O)C(C)N(Cc1ccc(Cl)c(Cl)c1)C(=O)CN(c1ccccc1)S(=O)(=O)c1ccccc1. The second-order valence-electron chi connectivity index (χ2n) is 8.00. The number of hydrogen-bond acceptors (Lipinski definition) is 4. The lowest BCUT2D eigenvalue weighted by Crippen LogP contribution is -2.51. The number of amides is 2. The molecule has 0 aromatic heterocycles. The summed E-state index contributed by atoms with van der Waals surface area (Å²) in [7, 11) is -4.08. The van der Waals surface area contributed by atoms with Gasteiger partial charge < -0.3 is 10.2 Å². The van der Waals surface area contributed by atoms with E-state index in [0.29, 0.717) is 27.8 Å². The fraction of sp³-hybridized carbons (Fsp3) is 0.231. The summed E-state index contributed by atoms with van der Waals surface area (Å²) >= 11 is 12.2. The van der Waals surface area contributed by atoms with Crippen LogP contribution in [0.3, 0.4) is 0 Å². The van der Waals surface area contributed by atoms with E-state index in [4.69, 9.17) is 23.2 Å². The minimum atomic E-state index is -4.08. The Hall–Kier alpha value is -3.07. The van der Waals surface area contributed by atoms with E-state index >= 15 is 0 Å². The van der Waals surface area contributed by atoms with Gasteiger partial charge in [-0.1, -0.05) is 65.7 Å².